The van der Waals surface area contributed by atoms with Gasteiger partial charge in [0, 0.05) is 17.0 Å². The topological polar surface area (TPSA) is 57.6 Å². The maximum atomic E-state index is 12.5. The van der Waals surface area contributed by atoms with E-state index in [1.807, 2.05) is 25.3 Å². The molecule has 0 spiro atoms. The van der Waals surface area contributed by atoms with E-state index in [1.165, 1.54) is 4.90 Å². The highest BCUT2D eigenvalue weighted by Gasteiger charge is 2.37. The van der Waals surface area contributed by atoms with Crippen molar-refractivity contribution in [2.75, 3.05) is 12.8 Å². The number of nitrogens with zero attached hydrogens (tertiary/aromatic N) is 1. The van der Waals surface area contributed by atoms with Crippen LogP contribution < -0.4 is 0 Å². The molecule has 1 aliphatic rings. The van der Waals surface area contributed by atoms with E-state index in [9.17, 15) is 14.7 Å². The molecule has 1 aromatic carbocycles. The molecule has 108 valence electrons. The van der Waals surface area contributed by atoms with Gasteiger partial charge in [-0.3, -0.25) is 4.79 Å². The maximum Gasteiger partial charge on any atom is 0.326 e. The number of carboxylic acids is 1. The third-order valence-electron chi connectivity index (χ3n) is 3.78. The summed E-state index contributed by atoms with van der Waals surface area (Å²) >= 11 is 1.61. The fourth-order valence-corrected chi connectivity index (χ4v) is 3.10. The SMILES string of the molecule is CSc1ccc(C(=O)N2CCCC(C)C2C(=O)O)cc1. The van der Waals surface area contributed by atoms with Gasteiger partial charge < -0.3 is 10.0 Å². The molecule has 0 radical (unpaired) electrons. The number of carbonyl (C=O) groups is 2. The quantitative estimate of drug-likeness (QED) is 0.871. The van der Waals surface area contributed by atoms with Gasteiger partial charge in [-0.2, -0.15) is 0 Å². The molecule has 1 fully saturated rings. The molecule has 1 aliphatic heterocycles. The zero-order chi connectivity index (χ0) is 14.7. The maximum absolute atomic E-state index is 12.5. The Morgan fingerprint density at radius 1 is 1.30 bits per heavy atom. The smallest absolute Gasteiger partial charge is 0.326 e. The van der Waals surface area contributed by atoms with Crippen LogP contribution in [0.4, 0.5) is 0 Å². The molecule has 0 aliphatic carbocycles. The molecule has 2 rings (SSSR count). The second-order valence-electron chi connectivity index (χ2n) is 5.13. The number of thioether (sulfide) groups is 1. The highest BCUT2D eigenvalue weighted by atomic mass is 32.2. The van der Waals surface area contributed by atoms with E-state index in [-0.39, 0.29) is 11.8 Å². The Bertz CT molecular complexity index is 500. The molecule has 0 saturated carbocycles. The van der Waals surface area contributed by atoms with Gasteiger partial charge in [0.15, 0.2) is 0 Å². The largest absolute Gasteiger partial charge is 0.480 e. The van der Waals surface area contributed by atoms with Crippen molar-refractivity contribution in [2.24, 2.45) is 5.92 Å². The summed E-state index contributed by atoms with van der Waals surface area (Å²) in [6, 6.07) is 6.61. The lowest BCUT2D eigenvalue weighted by Crippen LogP contribution is -2.51. The molecule has 2 atom stereocenters. The number of piperidine rings is 1. The normalized spacial score (nSPS) is 22.6. The highest BCUT2D eigenvalue weighted by Crippen LogP contribution is 2.25. The number of benzene rings is 1. The van der Waals surface area contributed by atoms with Gasteiger partial charge in [-0.25, -0.2) is 4.79 Å². The van der Waals surface area contributed by atoms with Crippen LogP contribution in [0.25, 0.3) is 0 Å². The predicted molar refractivity (Wildman–Crippen MR) is 79.1 cm³/mol. The Morgan fingerprint density at radius 3 is 2.50 bits per heavy atom. The van der Waals surface area contributed by atoms with Crippen LogP contribution in [-0.2, 0) is 4.79 Å². The van der Waals surface area contributed by atoms with Gasteiger partial charge >= 0.3 is 5.97 Å². The first kappa shape index (κ1) is 14.9. The molecule has 0 bridgehead atoms. The lowest BCUT2D eigenvalue weighted by Gasteiger charge is -2.37. The molecule has 1 heterocycles. The Morgan fingerprint density at radius 2 is 1.95 bits per heavy atom. The van der Waals surface area contributed by atoms with E-state index < -0.39 is 12.0 Å². The lowest BCUT2D eigenvalue weighted by molar-refractivity contribution is -0.145. The fraction of sp³-hybridized carbons (Fsp3) is 0.467. The van der Waals surface area contributed by atoms with Crippen LogP contribution in [0.2, 0.25) is 0 Å². The molecule has 4 nitrogen and oxygen atoms in total. The zero-order valence-electron chi connectivity index (χ0n) is 11.7. The summed E-state index contributed by atoms with van der Waals surface area (Å²) in [5.41, 5.74) is 0.558. The second-order valence-corrected chi connectivity index (χ2v) is 6.01. The van der Waals surface area contributed by atoms with Crippen LogP contribution in [0.3, 0.4) is 0 Å². The summed E-state index contributed by atoms with van der Waals surface area (Å²) < 4.78 is 0. The van der Waals surface area contributed by atoms with Crippen molar-refractivity contribution >= 4 is 23.6 Å². The second kappa shape index (κ2) is 6.31. The van der Waals surface area contributed by atoms with Crippen LogP contribution in [0.15, 0.2) is 29.2 Å². The molecule has 5 heteroatoms. The van der Waals surface area contributed by atoms with Crippen LogP contribution in [-0.4, -0.2) is 40.7 Å². The standard InChI is InChI=1S/C15H19NO3S/c1-10-4-3-9-16(13(10)15(18)19)14(17)11-5-7-12(20-2)8-6-11/h5-8,10,13H,3-4,9H2,1-2H3,(H,18,19). The van der Waals surface area contributed by atoms with Crippen molar-refractivity contribution in [1.82, 2.24) is 4.90 Å². The van der Waals surface area contributed by atoms with Gasteiger partial charge in [0.25, 0.3) is 5.91 Å². The van der Waals surface area contributed by atoms with Crippen molar-refractivity contribution in [3.05, 3.63) is 29.8 Å². The lowest BCUT2D eigenvalue weighted by atomic mass is 9.90. The average molecular weight is 293 g/mol. The Kier molecular flexibility index (Phi) is 4.70. The molecular weight excluding hydrogens is 274 g/mol. The number of carbonyl (C=O) groups excluding carboxylic acids is 1. The monoisotopic (exact) mass is 293 g/mol. The van der Waals surface area contributed by atoms with Gasteiger partial charge in [-0.15, -0.1) is 11.8 Å². The van der Waals surface area contributed by atoms with Gasteiger partial charge in [-0.1, -0.05) is 6.92 Å². The van der Waals surface area contributed by atoms with E-state index >= 15 is 0 Å². The predicted octanol–water partition coefficient (Wildman–Crippen LogP) is 2.73. The van der Waals surface area contributed by atoms with Crippen LogP contribution in [0, 0.1) is 5.92 Å². The van der Waals surface area contributed by atoms with Crippen LogP contribution in [0.5, 0.6) is 0 Å². The van der Waals surface area contributed by atoms with E-state index in [1.54, 1.807) is 23.9 Å². The minimum absolute atomic E-state index is 0.00401. The summed E-state index contributed by atoms with van der Waals surface area (Å²) in [6.45, 7) is 2.42. The Balaban J connectivity index is 2.23. The van der Waals surface area contributed by atoms with Crippen molar-refractivity contribution in [1.29, 1.82) is 0 Å². The Hall–Kier alpha value is -1.49. The van der Waals surface area contributed by atoms with E-state index in [0.717, 1.165) is 17.7 Å². The van der Waals surface area contributed by atoms with E-state index in [2.05, 4.69) is 0 Å². The third-order valence-corrected chi connectivity index (χ3v) is 4.53. The highest BCUT2D eigenvalue weighted by molar-refractivity contribution is 7.98. The summed E-state index contributed by atoms with van der Waals surface area (Å²) in [5, 5.41) is 9.36. The number of carboxylic acid groups (broad SMARTS) is 1. The number of hydrogen-bond acceptors (Lipinski definition) is 3. The number of likely N-dealkylation sites (tertiary alicyclic amines) is 1. The summed E-state index contributed by atoms with van der Waals surface area (Å²) in [5.74, 6) is -1.10. The molecule has 1 amide bonds. The van der Waals surface area contributed by atoms with Gasteiger partial charge in [0.05, 0.1) is 0 Å². The average Bonchev–Trinajstić information content (AvgIpc) is 2.46. The summed E-state index contributed by atoms with van der Waals surface area (Å²) in [7, 11) is 0. The molecule has 1 aromatic rings. The first-order chi connectivity index (χ1) is 9.54. The summed E-state index contributed by atoms with van der Waals surface area (Å²) in [4.78, 5) is 26.5. The van der Waals surface area contributed by atoms with Crippen molar-refractivity contribution in [3.63, 3.8) is 0 Å². The molecule has 1 saturated heterocycles. The third kappa shape index (κ3) is 2.98. The summed E-state index contributed by atoms with van der Waals surface area (Å²) in [6.07, 6.45) is 3.69. The first-order valence-electron chi connectivity index (χ1n) is 6.72. The van der Waals surface area contributed by atoms with Gasteiger partial charge in [0.2, 0.25) is 0 Å². The van der Waals surface area contributed by atoms with Crippen molar-refractivity contribution in [2.45, 2.75) is 30.7 Å². The number of amides is 1. The molecule has 2 unspecified atom stereocenters. The fourth-order valence-electron chi connectivity index (χ4n) is 2.69. The van der Waals surface area contributed by atoms with Gasteiger partial charge in [-0.05, 0) is 49.3 Å². The Labute approximate surface area is 123 Å². The van der Waals surface area contributed by atoms with Crippen LogP contribution in [0.1, 0.15) is 30.1 Å². The van der Waals surface area contributed by atoms with E-state index in [0.29, 0.717) is 12.1 Å². The molecule has 20 heavy (non-hydrogen) atoms. The first-order valence-corrected chi connectivity index (χ1v) is 7.95. The minimum atomic E-state index is -0.911. The zero-order valence-corrected chi connectivity index (χ0v) is 12.5. The van der Waals surface area contributed by atoms with E-state index in [4.69, 9.17) is 0 Å². The number of rotatable bonds is 3. The molecule has 0 aromatic heterocycles. The van der Waals surface area contributed by atoms with Crippen LogP contribution >= 0.6 is 11.8 Å². The minimum Gasteiger partial charge on any atom is -0.480 e. The number of aliphatic carboxylic acids is 1. The van der Waals surface area contributed by atoms with Crippen molar-refractivity contribution < 1.29 is 14.7 Å². The molecular formula is C15H19NO3S. The number of hydrogen-bond donors (Lipinski definition) is 1. The van der Waals surface area contributed by atoms with Crippen molar-refractivity contribution in [3.8, 4) is 0 Å². The van der Waals surface area contributed by atoms with Gasteiger partial charge in [0.1, 0.15) is 6.04 Å². The molecule has 1 N–H and O–H groups in total.